The molecule has 1 unspecified atom stereocenters. The van der Waals surface area contributed by atoms with Crippen LogP contribution in [0.1, 0.15) is 31.7 Å². The van der Waals surface area contributed by atoms with E-state index in [1.54, 1.807) is 0 Å². The monoisotopic (exact) mass is 224 g/mol. The molecule has 1 nitrogen and oxygen atoms in total. The summed E-state index contributed by atoms with van der Waals surface area (Å²) in [5.74, 6) is 1.01. The van der Waals surface area contributed by atoms with Crippen molar-refractivity contribution in [3.8, 4) is 0 Å². The quantitative estimate of drug-likeness (QED) is 0.744. The molecule has 15 heavy (non-hydrogen) atoms. The molecule has 1 rings (SSSR count). The summed E-state index contributed by atoms with van der Waals surface area (Å²) in [6.45, 7) is 4.24. The molecule has 0 spiro atoms. The lowest BCUT2D eigenvalue weighted by Crippen LogP contribution is -2.06. The lowest BCUT2D eigenvalue weighted by molar-refractivity contribution is 0.160. The first-order valence-electron chi connectivity index (χ1n) is 5.60. The van der Waals surface area contributed by atoms with E-state index in [9.17, 15) is 5.11 Å². The van der Waals surface area contributed by atoms with Crippen LogP contribution in [0, 0.1) is 6.92 Å². The summed E-state index contributed by atoms with van der Waals surface area (Å²) in [5, 5.41) is 9.58. The average molecular weight is 224 g/mol. The molecule has 84 valence electrons. The molecule has 1 atom stereocenters. The van der Waals surface area contributed by atoms with Crippen molar-refractivity contribution in [1.82, 2.24) is 0 Å². The van der Waals surface area contributed by atoms with Crippen LogP contribution in [0.25, 0.3) is 0 Å². The minimum Gasteiger partial charge on any atom is -0.393 e. The second kappa shape index (κ2) is 6.91. The fraction of sp³-hybridized carbons (Fsp3) is 0.538. The van der Waals surface area contributed by atoms with Crippen LogP contribution in [0.4, 0.5) is 0 Å². The second-order valence-electron chi connectivity index (χ2n) is 3.85. The van der Waals surface area contributed by atoms with Gasteiger partial charge in [-0.2, -0.15) is 0 Å². The van der Waals surface area contributed by atoms with Crippen molar-refractivity contribution in [1.29, 1.82) is 0 Å². The smallest absolute Gasteiger partial charge is 0.0548 e. The van der Waals surface area contributed by atoms with Gasteiger partial charge < -0.3 is 5.11 Å². The van der Waals surface area contributed by atoms with Gasteiger partial charge in [-0.05, 0) is 31.4 Å². The summed E-state index contributed by atoms with van der Waals surface area (Å²) in [5.41, 5.74) is 1.33. The normalized spacial score (nSPS) is 12.7. The molecule has 0 bridgehead atoms. The van der Waals surface area contributed by atoms with E-state index in [4.69, 9.17) is 0 Å². The van der Waals surface area contributed by atoms with Gasteiger partial charge in [0.05, 0.1) is 6.10 Å². The highest BCUT2D eigenvalue weighted by atomic mass is 32.2. The van der Waals surface area contributed by atoms with Gasteiger partial charge in [-0.1, -0.05) is 31.5 Å². The van der Waals surface area contributed by atoms with E-state index in [2.05, 4.69) is 38.1 Å². The number of aliphatic hydroxyl groups excluding tert-OH is 1. The van der Waals surface area contributed by atoms with Gasteiger partial charge in [-0.3, -0.25) is 0 Å². The van der Waals surface area contributed by atoms with E-state index in [-0.39, 0.29) is 6.10 Å². The zero-order valence-electron chi connectivity index (χ0n) is 9.57. The molecular formula is C13H20OS. The van der Waals surface area contributed by atoms with Crippen molar-refractivity contribution >= 4 is 11.8 Å². The fourth-order valence-electron chi connectivity index (χ4n) is 1.50. The second-order valence-corrected chi connectivity index (χ2v) is 4.98. The Morgan fingerprint density at radius 2 is 2.00 bits per heavy atom. The maximum absolute atomic E-state index is 9.58. The molecule has 0 fully saturated rings. The van der Waals surface area contributed by atoms with Gasteiger partial charge in [-0.25, -0.2) is 0 Å². The summed E-state index contributed by atoms with van der Waals surface area (Å²) >= 11 is 1.84. The Balaban J connectivity index is 2.29. The molecule has 0 amide bonds. The van der Waals surface area contributed by atoms with Gasteiger partial charge in [0, 0.05) is 10.6 Å². The van der Waals surface area contributed by atoms with Gasteiger partial charge >= 0.3 is 0 Å². The predicted molar refractivity (Wildman–Crippen MR) is 67.4 cm³/mol. The van der Waals surface area contributed by atoms with E-state index in [1.165, 1.54) is 10.5 Å². The highest BCUT2D eigenvalue weighted by Crippen LogP contribution is 2.23. The first-order valence-corrected chi connectivity index (χ1v) is 6.59. The number of hydrogen-bond donors (Lipinski definition) is 1. The molecule has 0 heterocycles. The molecule has 0 saturated heterocycles. The first kappa shape index (κ1) is 12.6. The van der Waals surface area contributed by atoms with Gasteiger partial charge in [-0.15, -0.1) is 11.8 Å². The molecule has 0 aliphatic rings. The van der Waals surface area contributed by atoms with Crippen LogP contribution < -0.4 is 0 Å². The van der Waals surface area contributed by atoms with Crippen LogP contribution in [0.15, 0.2) is 29.2 Å². The SMILES string of the molecule is CCCC(O)CCSc1ccccc1C. The van der Waals surface area contributed by atoms with Crippen LogP contribution >= 0.6 is 11.8 Å². The molecule has 0 saturated carbocycles. The Morgan fingerprint density at radius 3 is 2.67 bits per heavy atom. The van der Waals surface area contributed by atoms with Crippen molar-refractivity contribution in [2.24, 2.45) is 0 Å². The van der Waals surface area contributed by atoms with E-state index >= 15 is 0 Å². The van der Waals surface area contributed by atoms with Crippen molar-refractivity contribution in [2.75, 3.05) is 5.75 Å². The minimum atomic E-state index is -0.119. The van der Waals surface area contributed by atoms with Gasteiger partial charge in [0.15, 0.2) is 0 Å². The summed E-state index contributed by atoms with van der Waals surface area (Å²) in [6, 6.07) is 8.40. The molecule has 1 aromatic carbocycles. The van der Waals surface area contributed by atoms with Gasteiger partial charge in [0.25, 0.3) is 0 Å². The third-order valence-corrected chi connectivity index (χ3v) is 3.63. The number of aliphatic hydroxyl groups is 1. The lowest BCUT2D eigenvalue weighted by Gasteiger charge is -2.09. The Labute approximate surface area is 96.9 Å². The Bertz CT molecular complexity index is 286. The zero-order chi connectivity index (χ0) is 11.1. The molecule has 0 radical (unpaired) electrons. The van der Waals surface area contributed by atoms with Crippen molar-refractivity contribution < 1.29 is 5.11 Å². The molecule has 0 aromatic heterocycles. The standard InChI is InChI=1S/C13H20OS/c1-3-6-12(14)9-10-15-13-8-5-4-7-11(13)2/h4-5,7-8,12,14H,3,6,9-10H2,1-2H3. The predicted octanol–water partition coefficient (Wildman–Crippen LogP) is 3.64. The largest absolute Gasteiger partial charge is 0.393 e. The zero-order valence-corrected chi connectivity index (χ0v) is 10.4. The van der Waals surface area contributed by atoms with Crippen LogP contribution in [0.3, 0.4) is 0 Å². The van der Waals surface area contributed by atoms with E-state index < -0.39 is 0 Å². The summed E-state index contributed by atoms with van der Waals surface area (Å²) in [4.78, 5) is 1.33. The van der Waals surface area contributed by atoms with Crippen molar-refractivity contribution in [3.63, 3.8) is 0 Å². The fourth-order valence-corrected chi connectivity index (χ4v) is 2.58. The highest BCUT2D eigenvalue weighted by Gasteiger charge is 2.03. The average Bonchev–Trinajstić information content (AvgIpc) is 2.21. The number of thioether (sulfide) groups is 1. The van der Waals surface area contributed by atoms with E-state index in [1.807, 2.05) is 11.8 Å². The van der Waals surface area contributed by atoms with Crippen LogP contribution in [0.5, 0.6) is 0 Å². The van der Waals surface area contributed by atoms with Crippen LogP contribution in [0.2, 0.25) is 0 Å². The van der Waals surface area contributed by atoms with E-state index in [0.29, 0.717) is 0 Å². The topological polar surface area (TPSA) is 20.2 Å². The van der Waals surface area contributed by atoms with Gasteiger partial charge in [0.1, 0.15) is 0 Å². The third-order valence-electron chi connectivity index (χ3n) is 2.42. The summed E-state index contributed by atoms with van der Waals surface area (Å²) < 4.78 is 0. The van der Waals surface area contributed by atoms with Crippen LogP contribution in [-0.4, -0.2) is 17.0 Å². The molecule has 2 heteroatoms. The number of hydrogen-bond acceptors (Lipinski definition) is 2. The maximum atomic E-state index is 9.58. The van der Waals surface area contributed by atoms with Crippen molar-refractivity contribution in [3.05, 3.63) is 29.8 Å². The Kier molecular flexibility index (Phi) is 5.81. The first-order chi connectivity index (χ1) is 7.24. The summed E-state index contributed by atoms with van der Waals surface area (Å²) in [6.07, 6.45) is 2.77. The molecule has 1 aromatic rings. The Hall–Kier alpha value is -0.470. The molecular weight excluding hydrogens is 204 g/mol. The number of benzene rings is 1. The highest BCUT2D eigenvalue weighted by molar-refractivity contribution is 7.99. The minimum absolute atomic E-state index is 0.119. The van der Waals surface area contributed by atoms with Crippen molar-refractivity contribution in [2.45, 2.75) is 44.1 Å². The summed E-state index contributed by atoms with van der Waals surface area (Å²) in [7, 11) is 0. The maximum Gasteiger partial charge on any atom is 0.0548 e. The van der Waals surface area contributed by atoms with Crippen LogP contribution in [-0.2, 0) is 0 Å². The molecule has 0 aliphatic heterocycles. The lowest BCUT2D eigenvalue weighted by atomic mass is 10.2. The van der Waals surface area contributed by atoms with Gasteiger partial charge in [0.2, 0.25) is 0 Å². The Morgan fingerprint density at radius 1 is 1.27 bits per heavy atom. The van der Waals surface area contributed by atoms with E-state index in [0.717, 1.165) is 25.0 Å². The number of rotatable bonds is 6. The molecule has 0 aliphatic carbocycles. The molecule has 1 N–H and O–H groups in total. The third kappa shape index (κ3) is 4.72. The number of aryl methyl sites for hydroxylation is 1.